The van der Waals surface area contributed by atoms with Crippen LogP contribution in [0, 0.1) is 23.2 Å². The SMILES string of the molecule is O=C(Nc1ccccc1-c1nnn(-c2ccccc2)n1)C12CC3CC(CC(C3)C1)C2. The lowest BCUT2D eigenvalue weighted by molar-refractivity contribution is -0.140. The molecule has 7 rings (SSSR count). The highest BCUT2D eigenvalue weighted by Crippen LogP contribution is 2.60. The summed E-state index contributed by atoms with van der Waals surface area (Å²) < 4.78 is 0. The zero-order chi connectivity index (χ0) is 20.1. The minimum absolute atomic E-state index is 0.184. The van der Waals surface area contributed by atoms with Gasteiger partial charge in [0.1, 0.15) is 0 Å². The number of para-hydroxylation sites is 2. The van der Waals surface area contributed by atoms with Crippen molar-refractivity contribution in [2.45, 2.75) is 38.5 Å². The molecule has 0 unspecified atom stereocenters. The van der Waals surface area contributed by atoms with E-state index in [0.717, 1.165) is 54.0 Å². The Morgan fingerprint density at radius 2 is 1.53 bits per heavy atom. The zero-order valence-electron chi connectivity index (χ0n) is 16.9. The van der Waals surface area contributed by atoms with Crippen molar-refractivity contribution in [3.8, 4) is 17.1 Å². The van der Waals surface area contributed by atoms with Crippen molar-refractivity contribution in [1.29, 1.82) is 0 Å². The molecule has 1 heterocycles. The summed E-state index contributed by atoms with van der Waals surface area (Å²) in [5.74, 6) is 2.92. The first-order chi connectivity index (χ1) is 14.7. The monoisotopic (exact) mass is 399 g/mol. The Balaban J connectivity index is 1.28. The number of nitrogens with zero attached hydrogens (tertiary/aromatic N) is 4. The van der Waals surface area contributed by atoms with Crippen molar-refractivity contribution in [3.63, 3.8) is 0 Å². The van der Waals surface area contributed by atoms with Gasteiger partial charge in [0, 0.05) is 5.56 Å². The van der Waals surface area contributed by atoms with Gasteiger partial charge in [0.05, 0.1) is 16.8 Å². The molecule has 6 heteroatoms. The summed E-state index contributed by atoms with van der Waals surface area (Å²) in [7, 11) is 0. The fraction of sp³-hybridized carbons (Fsp3) is 0.417. The number of aromatic nitrogens is 4. The molecule has 4 fully saturated rings. The molecule has 1 aromatic heterocycles. The summed E-state index contributed by atoms with van der Waals surface area (Å²) in [6, 6.07) is 17.5. The van der Waals surface area contributed by atoms with Gasteiger partial charge >= 0.3 is 0 Å². The Labute approximate surface area is 175 Å². The summed E-state index contributed by atoms with van der Waals surface area (Å²) in [6.45, 7) is 0. The molecule has 0 saturated heterocycles. The van der Waals surface area contributed by atoms with Gasteiger partial charge in [-0.15, -0.1) is 15.0 Å². The number of amides is 1. The third-order valence-corrected chi connectivity index (χ3v) is 7.34. The second-order valence-electron chi connectivity index (χ2n) is 9.44. The van der Waals surface area contributed by atoms with Crippen LogP contribution in [0.25, 0.3) is 17.1 Å². The first-order valence-electron chi connectivity index (χ1n) is 10.9. The number of nitrogens with one attached hydrogen (secondary N) is 1. The van der Waals surface area contributed by atoms with Gasteiger partial charge in [-0.05, 0) is 85.8 Å². The van der Waals surface area contributed by atoms with E-state index in [1.54, 1.807) is 0 Å². The smallest absolute Gasteiger partial charge is 0.230 e. The lowest BCUT2D eigenvalue weighted by Gasteiger charge is -2.55. The van der Waals surface area contributed by atoms with E-state index in [-0.39, 0.29) is 11.3 Å². The highest BCUT2D eigenvalue weighted by Gasteiger charge is 2.54. The van der Waals surface area contributed by atoms with Gasteiger partial charge in [0.25, 0.3) is 0 Å². The van der Waals surface area contributed by atoms with Gasteiger partial charge in [-0.3, -0.25) is 4.79 Å². The second-order valence-corrected chi connectivity index (χ2v) is 9.44. The van der Waals surface area contributed by atoms with Gasteiger partial charge in [0.15, 0.2) is 0 Å². The van der Waals surface area contributed by atoms with Crippen molar-refractivity contribution >= 4 is 11.6 Å². The van der Waals surface area contributed by atoms with E-state index in [9.17, 15) is 4.79 Å². The van der Waals surface area contributed by atoms with Gasteiger partial charge in [-0.25, -0.2) is 0 Å². The van der Waals surface area contributed by atoms with Gasteiger partial charge in [-0.2, -0.15) is 0 Å². The molecular weight excluding hydrogens is 374 g/mol. The van der Waals surface area contributed by atoms with Crippen LogP contribution in [0.1, 0.15) is 38.5 Å². The number of benzene rings is 2. The first-order valence-corrected chi connectivity index (χ1v) is 10.9. The molecular formula is C24H25N5O. The van der Waals surface area contributed by atoms with E-state index in [0.29, 0.717) is 5.82 Å². The Kier molecular flexibility index (Phi) is 4.01. The van der Waals surface area contributed by atoms with E-state index < -0.39 is 0 Å². The van der Waals surface area contributed by atoms with E-state index in [1.807, 2.05) is 54.6 Å². The molecule has 1 N–H and O–H groups in total. The maximum absolute atomic E-state index is 13.5. The van der Waals surface area contributed by atoms with Crippen LogP contribution in [0.3, 0.4) is 0 Å². The van der Waals surface area contributed by atoms with Crippen LogP contribution in [0.5, 0.6) is 0 Å². The van der Waals surface area contributed by atoms with Crippen molar-refractivity contribution < 1.29 is 4.79 Å². The molecule has 4 saturated carbocycles. The molecule has 30 heavy (non-hydrogen) atoms. The third-order valence-electron chi connectivity index (χ3n) is 7.34. The van der Waals surface area contributed by atoms with Gasteiger partial charge in [0.2, 0.25) is 11.7 Å². The number of hydrogen-bond acceptors (Lipinski definition) is 4. The van der Waals surface area contributed by atoms with Crippen molar-refractivity contribution in [3.05, 3.63) is 54.6 Å². The van der Waals surface area contributed by atoms with E-state index in [4.69, 9.17) is 0 Å². The van der Waals surface area contributed by atoms with Gasteiger partial charge in [-0.1, -0.05) is 30.3 Å². The number of hydrogen-bond donors (Lipinski definition) is 1. The van der Waals surface area contributed by atoms with Crippen LogP contribution >= 0.6 is 0 Å². The normalized spacial score (nSPS) is 29.1. The predicted octanol–water partition coefficient (Wildman–Crippen LogP) is 4.48. The highest BCUT2D eigenvalue weighted by molar-refractivity contribution is 5.98. The number of carbonyl (C=O) groups is 1. The Morgan fingerprint density at radius 3 is 2.23 bits per heavy atom. The summed E-state index contributed by atoms with van der Waals surface area (Å²) >= 11 is 0. The fourth-order valence-electron chi connectivity index (χ4n) is 6.42. The van der Waals surface area contributed by atoms with E-state index in [2.05, 4.69) is 20.7 Å². The molecule has 2 aromatic carbocycles. The lowest BCUT2D eigenvalue weighted by atomic mass is 9.49. The first kappa shape index (κ1) is 17.8. The maximum Gasteiger partial charge on any atom is 0.230 e. The molecule has 4 aliphatic rings. The molecule has 152 valence electrons. The number of carbonyl (C=O) groups excluding carboxylic acids is 1. The molecule has 0 atom stereocenters. The minimum atomic E-state index is -0.184. The lowest BCUT2D eigenvalue weighted by Crippen LogP contribution is -2.51. The van der Waals surface area contributed by atoms with E-state index in [1.165, 1.54) is 24.1 Å². The predicted molar refractivity (Wildman–Crippen MR) is 114 cm³/mol. The van der Waals surface area contributed by atoms with Gasteiger partial charge < -0.3 is 5.32 Å². The number of anilines is 1. The van der Waals surface area contributed by atoms with Crippen molar-refractivity contribution in [1.82, 2.24) is 20.2 Å². The Morgan fingerprint density at radius 1 is 0.900 bits per heavy atom. The molecule has 4 bridgehead atoms. The number of rotatable bonds is 4. The highest BCUT2D eigenvalue weighted by atomic mass is 16.2. The molecule has 4 aliphatic carbocycles. The molecule has 0 radical (unpaired) electrons. The largest absolute Gasteiger partial charge is 0.325 e. The topological polar surface area (TPSA) is 72.7 Å². The standard InChI is InChI=1S/C24H25N5O/c30-23(24-13-16-10-17(14-24)12-18(11-16)15-24)25-21-9-5-4-8-20(21)22-26-28-29(27-22)19-6-2-1-3-7-19/h1-9,16-18H,10-15H2,(H,25,30). The average Bonchev–Trinajstić information content (AvgIpc) is 3.24. The van der Waals surface area contributed by atoms with Crippen LogP contribution in [0.15, 0.2) is 54.6 Å². The van der Waals surface area contributed by atoms with E-state index >= 15 is 0 Å². The average molecular weight is 399 g/mol. The fourth-order valence-corrected chi connectivity index (χ4v) is 6.42. The number of tetrazole rings is 1. The Bertz CT molecular complexity index is 1050. The van der Waals surface area contributed by atoms with Crippen molar-refractivity contribution in [2.75, 3.05) is 5.32 Å². The van der Waals surface area contributed by atoms with Crippen LogP contribution in [0.4, 0.5) is 5.69 Å². The van der Waals surface area contributed by atoms with Crippen LogP contribution < -0.4 is 5.32 Å². The maximum atomic E-state index is 13.5. The van der Waals surface area contributed by atoms with Crippen molar-refractivity contribution in [2.24, 2.45) is 23.2 Å². The minimum Gasteiger partial charge on any atom is -0.325 e. The van der Waals surface area contributed by atoms with Crippen LogP contribution in [-0.4, -0.2) is 26.1 Å². The quantitative estimate of drug-likeness (QED) is 0.702. The van der Waals surface area contributed by atoms with Crippen LogP contribution in [0.2, 0.25) is 0 Å². The second kappa shape index (κ2) is 6.76. The molecule has 3 aromatic rings. The summed E-state index contributed by atoms with van der Waals surface area (Å²) in [6.07, 6.45) is 7.14. The zero-order valence-corrected chi connectivity index (χ0v) is 16.9. The third kappa shape index (κ3) is 2.93. The molecule has 0 aliphatic heterocycles. The Hall–Kier alpha value is -3.02. The molecule has 1 amide bonds. The summed E-state index contributed by atoms with van der Waals surface area (Å²) in [5, 5.41) is 16.3. The summed E-state index contributed by atoms with van der Waals surface area (Å²) in [4.78, 5) is 15.0. The molecule has 6 nitrogen and oxygen atoms in total. The molecule has 0 spiro atoms. The van der Waals surface area contributed by atoms with Crippen LogP contribution in [-0.2, 0) is 4.79 Å². The summed E-state index contributed by atoms with van der Waals surface area (Å²) in [5.41, 5.74) is 2.24.